The van der Waals surface area contributed by atoms with Gasteiger partial charge in [0.15, 0.2) is 0 Å². The minimum Gasteiger partial charge on any atom is -0.314 e. The first-order valence-electron chi connectivity index (χ1n) is 7.77. The normalized spacial score (nSPS) is 18.4. The largest absolute Gasteiger partial charge is 0.314 e. The molecule has 1 heteroatoms. The Labute approximate surface area is 118 Å². The van der Waals surface area contributed by atoms with Crippen LogP contribution in [0.15, 0.2) is 12.1 Å². The highest BCUT2D eigenvalue weighted by atomic mass is 14.9. The van der Waals surface area contributed by atoms with Gasteiger partial charge in [-0.15, -0.1) is 0 Å². The highest BCUT2D eigenvalue weighted by Crippen LogP contribution is 2.24. The summed E-state index contributed by atoms with van der Waals surface area (Å²) in [7, 11) is 0. The van der Waals surface area contributed by atoms with Crippen molar-refractivity contribution in [2.75, 3.05) is 6.54 Å². The molecule has 0 heterocycles. The Morgan fingerprint density at radius 3 is 2.16 bits per heavy atom. The Morgan fingerprint density at radius 2 is 1.63 bits per heavy atom. The molecule has 0 amide bonds. The van der Waals surface area contributed by atoms with Crippen LogP contribution in [0.1, 0.15) is 48.9 Å². The smallest absolute Gasteiger partial charge is 0.00683 e. The molecule has 1 aliphatic rings. The Bertz CT molecular complexity index is 408. The molecule has 1 aromatic rings. The van der Waals surface area contributed by atoms with E-state index in [1.807, 2.05) is 0 Å². The zero-order valence-corrected chi connectivity index (χ0v) is 13.2. The highest BCUT2D eigenvalue weighted by molar-refractivity contribution is 5.37. The fraction of sp³-hybridized carbons (Fsp3) is 0.667. The molecule has 2 rings (SSSR count). The lowest BCUT2D eigenvalue weighted by molar-refractivity contribution is 0.363. The monoisotopic (exact) mass is 259 g/mol. The first kappa shape index (κ1) is 14.6. The van der Waals surface area contributed by atoms with E-state index in [9.17, 15) is 0 Å². The Morgan fingerprint density at radius 1 is 1.05 bits per heavy atom. The van der Waals surface area contributed by atoms with Gasteiger partial charge < -0.3 is 5.32 Å². The van der Waals surface area contributed by atoms with Gasteiger partial charge in [0.1, 0.15) is 0 Å². The molecular weight excluding hydrogens is 230 g/mol. The van der Waals surface area contributed by atoms with Gasteiger partial charge in [0.2, 0.25) is 0 Å². The van der Waals surface area contributed by atoms with Crippen molar-refractivity contribution >= 4 is 0 Å². The molecule has 0 aliphatic heterocycles. The van der Waals surface area contributed by atoms with Crippen molar-refractivity contribution in [3.8, 4) is 0 Å². The minimum absolute atomic E-state index is 0.742. The van der Waals surface area contributed by atoms with Crippen LogP contribution in [0.3, 0.4) is 0 Å². The van der Waals surface area contributed by atoms with E-state index in [0.29, 0.717) is 0 Å². The van der Waals surface area contributed by atoms with Crippen molar-refractivity contribution in [3.63, 3.8) is 0 Å². The number of nitrogens with one attached hydrogen (secondary N) is 1. The van der Waals surface area contributed by atoms with E-state index in [-0.39, 0.29) is 0 Å². The third-order valence-corrected chi connectivity index (χ3v) is 4.64. The molecule has 0 bridgehead atoms. The van der Waals surface area contributed by atoms with Gasteiger partial charge in [0.05, 0.1) is 0 Å². The van der Waals surface area contributed by atoms with E-state index in [0.717, 1.165) is 17.9 Å². The molecule has 1 N–H and O–H groups in total. The molecule has 106 valence electrons. The molecule has 1 aliphatic carbocycles. The Hall–Kier alpha value is -0.820. The maximum atomic E-state index is 3.66. The maximum Gasteiger partial charge on any atom is 0.00683 e. The molecule has 0 spiro atoms. The van der Waals surface area contributed by atoms with Gasteiger partial charge in [-0.05, 0) is 75.1 Å². The molecule has 0 aromatic heterocycles. The third kappa shape index (κ3) is 4.07. The lowest BCUT2D eigenvalue weighted by Crippen LogP contribution is -2.27. The fourth-order valence-corrected chi connectivity index (χ4v) is 2.90. The van der Waals surface area contributed by atoms with Gasteiger partial charge in [0, 0.05) is 6.04 Å². The van der Waals surface area contributed by atoms with Crippen LogP contribution in [0.2, 0.25) is 0 Å². The second-order valence-electron chi connectivity index (χ2n) is 6.72. The summed E-state index contributed by atoms with van der Waals surface area (Å²) in [6.07, 6.45) is 3.99. The number of rotatable bonds is 6. The van der Waals surface area contributed by atoms with E-state index in [1.54, 1.807) is 5.56 Å². The summed E-state index contributed by atoms with van der Waals surface area (Å²) in [6, 6.07) is 5.47. The second-order valence-corrected chi connectivity index (χ2v) is 6.72. The first-order chi connectivity index (χ1) is 8.97. The standard InChI is InChI=1S/C18H29N/c1-12-8-14(3)18(15(4)9-12)10-13(2)16(5)11-19-17-6-7-17/h8-9,13,16-17,19H,6-7,10-11H2,1-5H3. The molecule has 1 fully saturated rings. The van der Waals surface area contributed by atoms with Gasteiger partial charge in [0.25, 0.3) is 0 Å². The predicted octanol–water partition coefficient (Wildman–Crippen LogP) is 4.18. The van der Waals surface area contributed by atoms with Crippen LogP contribution in [0.5, 0.6) is 0 Å². The van der Waals surface area contributed by atoms with Crippen molar-refractivity contribution in [2.45, 2.75) is 59.9 Å². The summed E-state index contributed by atoms with van der Waals surface area (Å²) in [5.41, 5.74) is 5.88. The second kappa shape index (κ2) is 6.09. The number of benzene rings is 1. The van der Waals surface area contributed by atoms with Crippen LogP contribution >= 0.6 is 0 Å². The first-order valence-corrected chi connectivity index (χ1v) is 7.77. The fourth-order valence-electron chi connectivity index (χ4n) is 2.90. The van der Waals surface area contributed by atoms with Gasteiger partial charge in [-0.2, -0.15) is 0 Å². The number of hydrogen-bond donors (Lipinski definition) is 1. The van der Waals surface area contributed by atoms with Gasteiger partial charge in [-0.3, -0.25) is 0 Å². The zero-order chi connectivity index (χ0) is 14.0. The van der Waals surface area contributed by atoms with Crippen molar-refractivity contribution in [1.29, 1.82) is 0 Å². The minimum atomic E-state index is 0.742. The average molecular weight is 259 g/mol. The lowest BCUT2D eigenvalue weighted by atomic mass is 9.86. The lowest BCUT2D eigenvalue weighted by Gasteiger charge is -2.22. The molecule has 19 heavy (non-hydrogen) atoms. The van der Waals surface area contributed by atoms with E-state index in [4.69, 9.17) is 0 Å². The number of aryl methyl sites for hydroxylation is 3. The van der Waals surface area contributed by atoms with Crippen molar-refractivity contribution in [3.05, 3.63) is 34.4 Å². The zero-order valence-electron chi connectivity index (χ0n) is 13.2. The quantitative estimate of drug-likeness (QED) is 0.808. The molecule has 1 nitrogen and oxygen atoms in total. The Kier molecular flexibility index (Phi) is 4.67. The SMILES string of the molecule is Cc1cc(C)c(CC(C)C(C)CNC2CC2)c(C)c1. The molecule has 0 saturated heterocycles. The van der Waals surface area contributed by atoms with Crippen molar-refractivity contribution in [2.24, 2.45) is 11.8 Å². The molecular formula is C18H29N. The van der Waals surface area contributed by atoms with Crippen molar-refractivity contribution in [1.82, 2.24) is 5.32 Å². The summed E-state index contributed by atoms with van der Waals surface area (Å²) in [5, 5.41) is 3.66. The average Bonchev–Trinajstić information content (AvgIpc) is 3.14. The molecule has 2 atom stereocenters. The molecule has 1 saturated carbocycles. The van der Waals surface area contributed by atoms with Crippen molar-refractivity contribution < 1.29 is 0 Å². The van der Waals surface area contributed by atoms with E-state index < -0.39 is 0 Å². The van der Waals surface area contributed by atoms with Crippen LogP contribution in [0.25, 0.3) is 0 Å². The summed E-state index contributed by atoms with van der Waals surface area (Å²) in [4.78, 5) is 0. The molecule has 2 unspecified atom stereocenters. The summed E-state index contributed by atoms with van der Waals surface area (Å²) >= 11 is 0. The van der Waals surface area contributed by atoms with Gasteiger partial charge >= 0.3 is 0 Å². The van der Waals surface area contributed by atoms with E-state index >= 15 is 0 Å². The predicted molar refractivity (Wildman–Crippen MR) is 83.7 cm³/mol. The topological polar surface area (TPSA) is 12.0 Å². The molecule has 1 aromatic carbocycles. The summed E-state index contributed by atoms with van der Waals surface area (Å²) < 4.78 is 0. The van der Waals surface area contributed by atoms with E-state index in [1.165, 1.54) is 42.5 Å². The van der Waals surface area contributed by atoms with Crippen LogP contribution < -0.4 is 5.32 Å². The Balaban J connectivity index is 1.95. The van der Waals surface area contributed by atoms with Gasteiger partial charge in [-0.1, -0.05) is 31.5 Å². The van der Waals surface area contributed by atoms with Crippen LogP contribution in [-0.4, -0.2) is 12.6 Å². The van der Waals surface area contributed by atoms with Crippen LogP contribution in [0, 0.1) is 32.6 Å². The van der Waals surface area contributed by atoms with Gasteiger partial charge in [-0.25, -0.2) is 0 Å². The summed E-state index contributed by atoms with van der Waals surface area (Å²) in [6.45, 7) is 12.7. The van der Waals surface area contributed by atoms with Crippen LogP contribution in [0.4, 0.5) is 0 Å². The van der Waals surface area contributed by atoms with E-state index in [2.05, 4.69) is 52.1 Å². The molecule has 0 radical (unpaired) electrons. The highest BCUT2D eigenvalue weighted by Gasteiger charge is 2.22. The third-order valence-electron chi connectivity index (χ3n) is 4.64. The maximum absolute atomic E-state index is 3.66. The summed E-state index contributed by atoms with van der Waals surface area (Å²) in [5.74, 6) is 1.49. The van der Waals surface area contributed by atoms with Crippen LogP contribution in [-0.2, 0) is 6.42 Å². The number of hydrogen-bond acceptors (Lipinski definition) is 1.